The van der Waals surface area contributed by atoms with Gasteiger partial charge in [0.25, 0.3) is 0 Å². The van der Waals surface area contributed by atoms with E-state index in [1.54, 1.807) is 4.68 Å². The van der Waals surface area contributed by atoms with Gasteiger partial charge in [-0.25, -0.2) is 14.6 Å². The molecule has 7 nitrogen and oxygen atoms in total. The van der Waals surface area contributed by atoms with Crippen molar-refractivity contribution >= 4 is 17.0 Å². The molecule has 2 aromatic heterocycles. The van der Waals surface area contributed by atoms with E-state index in [-0.39, 0.29) is 12.0 Å². The van der Waals surface area contributed by atoms with Gasteiger partial charge in [-0.3, -0.25) is 0 Å². The van der Waals surface area contributed by atoms with Crippen LogP contribution in [0.4, 0.5) is 5.82 Å². The fraction of sp³-hybridized carbons (Fsp3) is 0.556. The predicted octanol–water partition coefficient (Wildman–Crippen LogP) is -0.424. The van der Waals surface area contributed by atoms with Crippen molar-refractivity contribution in [3.63, 3.8) is 0 Å². The summed E-state index contributed by atoms with van der Waals surface area (Å²) in [5.74, 6) is 0.338. The summed E-state index contributed by atoms with van der Waals surface area (Å²) in [6, 6.07) is 0. The van der Waals surface area contributed by atoms with Crippen molar-refractivity contribution in [1.82, 2.24) is 25.0 Å². The molecule has 0 saturated heterocycles. The summed E-state index contributed by atoms with van der Waals surface area (Å²) in [5.41, 5.74) is 6.79. The van der Waals surface area contributed by atoms with Gasteiger partial charge < -0.3 is 10.8 Å². The van der Waals surface area contributed by atoms with Gasteiger partial charge in [0, 0.05) is 5.41 Å². The molecule has 3 rings (SSSR count). The average molecular weight is 220 g/mol. The maximum absolute atomic E-state index is 9.26. The smallest absolute Gasteiger partial charge is 0.183 e. The zero-order chi connectivity index (χ0) is 11.2. The first-order valence-corrected chi connectivity index (χ1v) is 5.15. The Morgan fingerprint density at radius 2 is 2.25 bits per heavy atom. The molecule has 0 amide bonds. The molecule has 0 bridgehead atoms. The van der Waals surface area contributed by atoms with Crippen molar-refractivity contribution < 1.29 is 5.11 Å². The normalized spacial score (nSPS) is 17.8. The molecule has 3 N–H and O–H groups in total. The van der Waals surface area contributed by atoms with E-state index in [2.05, 4.69) is 20.3 Å². The van der Waals surface area contributed by atoms with E-state index in [1.807, 2.05) is 0 Å². The number of nitrogens with zero attached hydrogens (tertiary/aromatic N) is 5. The minimum atomic E-state index is -0.0274. The van der Waals surface area contributed by atoms with Crippen LogP contribution in [0.2, 0.25) is 0 Å². The van der Waals surface area contributed by atoms with Crippen LogP contribution in [-0.4, -0.2) is 36.7 Å². The van der Waals surface area contributed by atoms with Crippen LogP contribution < -0.4 is 5.73 Å². The summed E-state index contributed by atoms with van der Waals surface area (Å²) in [7, 11) is 0. The Hall–Kier alpha value is -1.76. The summed E-state index contributed by atoms with van der Waals surface area (Å²) >= 11 is 0. The summed E-state index contributed by atoms with van der Waals surface area (Å²) in [6.45, 7) is 0.811. The Morgan fingerprint density at radius 1 is 1.44 bits per heavy atom. The highest BCUT2D eigenvalue weighted by molar-refractivity contribution is 5.80. The Kier molecular flexibility index (Phi) is 1.84. The monoisotopic (exact) mass is 220 g/mol. The molecule has 0 radical (unpaired) electrons. The van der Waals surface area contributed by atoms with Crippen molar-refractivity contribution in [3.05, 3.63) is 6.33 Å². The number of aliphatic hydroxyl groups is 1. The van der Waals surface area contributed by atoms with E-state index < -0.39 is 0 Å². The van der Waals surface area contributed by atoms with Gasteiger partial charge in [-0.15, -0.1) is 5.10 Å². The molecule has 1 aliphatic carbocycles. The van der Waals surface area contributed by atoms with Crippen molar-refractivity contribution in [2.24, 2.45) is 5.41 Å². The predicted molar refractivity (Wildman–Crippen MR) is 56.3 cm³/mol. The van der Waals surface area contributed by atoms with Crippen LogP contribution in [0, 0.1) is 5.41 Å². The molecule has 2 aromatic rings. The molecule has 1 fully saturated rings. The molecule has 1 saturated carbocycles. The summed E-state index contributed by atoms with van der Waals surface area (Å²) in [4.78, 5) is 7.97. The van der Waals surface area contributed by atoms with Gasteiger partial charge >= 0.3 is 0 Å². The third-order valence-corrected chi connectivity index (χ3v) is 3.11. The lowest BCUT2D eigenvalue weighted by Gasteiger charge is -2.10. The first-order chi connectivity index (χ1) is 7.74. The summed E-state index contributed by atoms with van der Waals surface area (Å²) < 4.78 is 1.69. The maximum Gasteiger partial charge on any atom is 0.183 e. The Morgan fingerprint density at radius 3 is 2.94 bits per heavy atom. The fourth-order valence-corrected chi connectivity index (χ4v) is 1.78. The van der Waals surface area contributed by atoms with Crippen LogP contribution in [-0.2, 0) is 6.54 Å². The number of hydrogen-bond donors (Lipinski definition) is 2. The molecular formula is C9H12N6O. The van der Waals surface area contributed by atoms with Crippen molar-refractivity contribution in [1.29, 1.82) is 0 Å². The number of rotatable bonds is 3. The van der Waals surface area contributed by atoms with E-state index in [0.29, 0.717) is 23.5 Å². The number of anilines is 1. The van der Waals surface area contributed by atoms with Crippen LogP contribution in [0.1, 0.15) is 12.8 Å². The lowest BCUT2D eigenvalue weighted by Crippen LogP contribution is -2.17. The highest BCUT2D eigenvalue weighted by atomic mass is 16.3. The zero-order valence-corrected chi connectivity index (χ0v) is 8.67. The van der Waals surface area contributed by atoms with E-state index >= 15 is 0 Å². The van der Waals surface area contributed by atoms with Crippen molar-refractivity contribution in [3.8, 4) is 0 Å². The minimum absolute atomic E-state index is 0.0274. The third-order valence-electron chi connectivity index (χ3n) is 3.11. The quantitative estimate of drug-likeness (QED) is 0.728. The Bertz CT molecular complexity index is 532. The number of nitrogen functional groups attached to an aromatic ring is 1. The first kappa shape index (κ1) is 9.46. The van der Waals surface area contributed by atoms with Gasteiger partial charge in [0.05, 0.1) is 13.2 Å². The molecule has 0 spiro atoms. The number of hydrogen-bond acceptors (Lipinski definition) is 6. The second kappa shape index (κ2) is 3.11. The lowest BCUT2D eigenvalue weighted by molar-refractivity contribution is 0.191. The second-order valence-corrected chi connectivity index (χ2v) is 4.34. The number of nitrogens with two attached hydrogens (primary N) is 1. The maximum atomic E-state index is 9.26. The van der Waals surface area contributed by atoms with Gasteiger partial charge in [-0.05, 0) is 12.8 Å². The molecule has 1 aliphatic rings. The van der Waals surface area contributed by atoms with Crippen LogP contribution in [0.5, 0.6) is 0 Å². The average Bonchev–Trinajstić information content (AvgIpc) is 2.95. The molecule has 0 unspecified atom stereocenters. The standard InChI is InChI=1S/C9H12N6O/c10-7-6-8(12-5-11-7)15(14-13-6)3-9(4-16)1-2-9/h5,16H,1-4H2,(H2,10,11,12). The van der Waals surface area contributed by atoms with Gasteiger partial charge in [0.15, 0.2) is 17.0 Å². The summed E-state index contributed by atoms with van der Waals surface area (Å²) in [5, 5.41) is 17.2. The number of aromatic nitrogens is 5. The minimum Gasteiger partial charge on any atom is -0.396 e. The largest absolute Gasteiger partial charge is 0.396 e. The Labute approximate surface area is 91.3 Å². The van der Waals surface area contributed by atoms with Crippen LogP contribution >= 0.6 is 0 Å². The topological polar surface area (TPSA) is 103 Å². The SMILES string of the molecule is Nc1ncnc2c1nnn2CC1(CO)CC1. The molecule has 84 valence electrons. The van der Waals surface area contributed by atoms with Gasteiger partial charge in [0.1, 0.15) is 6.33 Å². The van der Waals surface area contributed by atoms with Crippen LogP contribution in [0.15, 0.2) is 6.33 Å². The van der Waals surface area contributed by atoms with E-state index in [0.717, 1.165) is 12.8 Å². The van der Waals surface area contributed by atoms with Crippen LogP contribution in [0.3, 0.4) is 0 Å². The van der Waals surface area contributed by atoms with Gasteiger partial charge in [-0.2, -0.15) is 0 Å². The highest BCUT2D eigenvalue weighted by Crippen LogP contribution is 2.46. The third kappa shape index (κ3) is 1.32. The molecule has 0 aromatic carbocycles. The van der Waals surface area contributed by atoms with Gasteiger partial charge in [-0.1, -0.05) is 5.21 Å². The zero-order valence-electron chi connectivity index (χ0n) is 8.67. The molecule has 2 heterocycles. The summed E-state index contributed by atoms with van der Waals surface area (Å²) in [6.07, 6.45) is 3.44. The van der Waals surface area contributed by atoms with E-state index in [4.69, 9.17) is 5.73 Å². The van der Waals surface area contributed by atoms with Gasteiger partial charge in [0.2, 0.25) is 0 Å². The van der Waals surface area contributed by atoms with Crippen molar-refractivity contribution in [2.45, 2.75) is 19.4 Å². The van der Waals surface area contributed by atoms with E-state index in [1.165, 1.54) is 6.33 Å². The highest BCUT2D eigenvalue weighted by Gasteiger charge is 2.43. The van der Waals surface area contributed by atoms with Crippen molar-refractivity contribution in [2.75, 3.05) is 12.3 Å². The lowest BCUT2D eigenvalue weighted by atomic mass is 10.1. The Balaban J connectivity index is 2.02. The molecule has 0 aliphatic heterocycles. The molecular weight excluding hydrogens is 208 g/mol. The second-order valence-electron chi connectivity index (χ2n) is 4.34. The van der Waals surface area contributed by atoms with Crippen LogP contribution in [0.25, 0.3) is 11.2 Å². The fourth-order valence-electron chi connectivity index (χ4n) is 1.78. The number of fused-ring (bicyclic) bond motifs is 1. The number of aliphatic hydroxyl groups excluding tert-OH is 1. The first-order valence-electron chi connectivity index (χ1n) is 5.15. The molecule has 16 heavy (non-hydrogen) atoms. The van der Waals surface area contributed by atoms with E-state index in [9.17, 15) is 5.11 Å². The molecule has 7 heteroatoms. The molecule has 0 atom stereocenters.